The third kappa shape index (κ3) is 3.85. The second kappa shape index (κ2) is 8.31. The fraction of sp³-hybridized carbons (Fsp3) is 0.182. The molecule has 0 amide bonds. The van der Waals surface area contributed by atoms with E-state index >= 15 is 0 Å². The van der Waals surface area contributed by atoms with E-state index in [0.717, 1.165) is 5.56 Å². The van der Waals surface area contributed by atoms with Crippen LogP contribution in [0.2, 0.25) is 0 Å². The Labute approximate surface area is 177 Å². The summed E-state index contributed by atoms with van der Waals surface area (Å²) >= 11 is 0. The Hall–Kier alpha value is -4.14. The number of rotatable bonds is 6. The Morgan fingerprint density at radius 1 is 1.10 bits per heavy atom. The molecule has 0 saturated heterocycles. The second-order valence-corrected chi connectivity index (χ2v) is 6.69. The first kappa shape index (κ1) is 20.1. The van der Waals surface area contributed by atoms with E-state index in [0.29, 0.717) is 39.5 Å². The number of methoxy groups -OCH3 is 3. The highest BCUT2D eigenvalue weighted by Crippen LogP contribution is 2.33. The van der Waals surface area contributed by atoms with Crippen LogP contribution in [0.25, 0.3) is 27.8 Å². The summed E-state index contributed by atoms with van der Waals surface area (Å²) in [4.78, 5) is 24.6. The number of hydrogen-bond donors (Lipinski definition) is 1. The van der Waals surface area contributed by atoms with Crippen LogP contribution in [0, 0.1) is 0 Å². The van der Waals surface area contributed by atoms with Crippen molar-refractivity contribution < 1.29 is 24.1 Å². The summed E-state index contributed by atoms with van der Waals surface area (Å²) in [6, 6.07) is 7.13. The van der Waals surface area contributed by atoms with Crippen LogP contribution >= 0.6 is 0 Å². The Balaban J connectivity index is 1.74. The maximum absolute atomic E-state index is 11.6. The third-order valence-electron chi connectivity index (χ3n) is 4.81. The first-order chi connectivity index (χ1) is 15.0. The van der Waals surface area contributed by atoms with E-state index in [1.165, 1.54) is 14.2 Å². The van der Waals surface area contributed by atoms with Crippen molar-refractivity contribution in [1.29, 1.82) is 0 Å². The van der Waals surface area contributed by atoms with Crippen molar-refractivity contribution in [1.82, 2.24) is 19.5 Å². The van der Waals surface area contributed by atoms with Gasteiger partial charge in [-0.2, -0.15) is 0 Å². The van der Waals surface area contributed by atoms with Gasteiger partial charge in [-0.3, -0.25) is 14.3 Å². The summed E-state index contributed by atoms with van der Waals surface area (Å²) in [5, 5.41) is 11.3. The highest BCUT2D eigenvalue weighted by atomic mass is 16.5. The number of ether oxygens (including phenoxy) is 3. The molecule has 9 nitrogen and oxygen atoms in total. The molecule has 9 heteroatoms. The Kier molecular flexibility index (Phi) is 5.40. The average Bonchev–Trinajstić information content (AvgIpc) is 3.14. The molecule has 1 N–H and O–H groups in total. The van der Waals surface area contributed by atoms with E-state index in [4.69, 9.17) is 14.2 Å². The normalized spacial score (nSPS) is 10.8. The van der Waals surface area contributed by atoms with Crippen LogP contribution in [0.4, 0.5) is 0 Å². The van der Waals surface area contributed by atoms with E-state index in [1.54, 1.807) is 60.7 Å². The van der Waals surface area contributed by atoms with Gasteiger partial charge in [0, 0.05) is 24.2 Å². The molecule has 0 unspecified atom stereocenters. The average molecular weight is 420 g/mol. The van der Waals surface area contributed by atoms with Crippen molar-refractivity contribution >= 4 is 16.9 Å². The molecular weight excluding hydrogens is 400 g/mol. The number of carbonyl (C=O) groups excluding carboxylic acids is 1. The van der Waals surface area contributed by atoms with Gasteiger partial charge in [-0.05, 0) is 29.8 Å². The molecule has 4 heterocycles. The SMILES string of the molecule is COC(=O)Cc1cncc(-n2cc3nc(-c4cnc(OC)c(OC)c4)ccc3c2O)c1. The molecular formula is C22H20N4O5. The molecule has 0 radical (unpaired) electrons. The largest absolute Gasteiger partial charge is 0.494 e. The highest BCUT2D eigenvalue weighted by molar-refractivity contribution is 5.87. The molecule has 0 aliphatic carbocycles. The molecule has 4 aromatic rings. The topological polar surface area (TPSA) is 109 Å². The van der Waals surface area contributed by atoms with Crippen LogP contribution in [-0.2, 0) is 16.0 Å². The van der Waals surface area contributed by atoms with Crippen LogP contribution in [0.1, 0.15) is 5.56 Å². The van der Waals surface area contributed by atoms with Crippen LogP contribution in [0.3, 0.4) is 0 Å². The minimum Gasteiger partial charge on any atom is -0.494 e. The van der Waals surface area contributed by atoms with Crippen molar-refractivity contribution in [3.05, 3.63) is 54.6 Å². The molecule has 0 aromatic carbocycles. The molecule has 4 rings (SSSR count). The number of hydrogen-bond acceptors (Lipinski definition) is 8. The monoisotopic (exact) mass is 420 g/mol. The molecule has 0 bridgehead atoms. The number of aromatic nitrogens is 4. The minimum absolute atomic E-state index is 0.0245. The van der Waals surface area contributed by atoms with Crippen LogP contribution < -0.4 is 9.47 Å². The molecule has 31 heavy (non-hydrogen) atoms. The van der Waals surface area contributed by atoms with Gasteiger partial charge in [0.1, 0.15) is 0 Å². The van der Waals surface area contributed by atoms with Gasteiger partial charge in [-0.1, -0.05) is 0 Å². The van der Waals surface area contributed by atoms with Gasteiger partial charge >= 0.3 is 5.97 Å². The van der Waals surface area contributed by atoms with Gasteiger partial charge in [0.05, 0.1) is 56.2 Å². The summed E-state index contributed by atoms with van der Waals surface area (Å²) in [5.74, 6) is 0.540. The summed E-state index contributed by atoms with van der Waals surface area (Å²) in [7, 11) is 4.40. The molecule has 4 aromatic heterocycles. The quantitative estimate of drug-likeness (QED) is 0.474. The lowest BCUT2D eigenvalue weighted by atomic mass is 10.1. The lowest BCUT2D eigenvalue weighted by Gasteiger charge is -2.08. The van der Waals surface area contributed by atoms with Crippen molar-refractivity contribution in [3.8, 4) is 34.5 Å². The molecule has 0 spiro atoms. The summed E-state index contributed by atoms with van der Waals surface area (Å²) in [6.07, 6.45) is 6.63. The van der Waals surface area contributed by atoms with Gasteiger partial charge in [0.15, 0.2) is 5.75 Å². The minimum atomic E-state index is -0.365. The number of esters is 1. The van der Waals surface area contributed by atoms with Gasteiger partial charge in [-0.15, -0.1) is 0 Å². The second-order valence-electron chi connectivity index (χ2n) is 6.69. The molecule has 0 aliphatic heterocycles. The lowest BCUT2D eigenvalue weighted by molar-refractivity contribution is -0.139. The summed E-state index contributed by atoms with van der Waals surface area (Å²) < 4.78 is 16.8. The number of pyridine rings is 3. The van der Waals surface area contributed by atoms with E-state index in [2.05, 4.69) is 15.0 Å². The van der Waals surface area contributed by atoms with Crippen LogP contribution in [0.5, 0.6) is 17.5 Å². The fourth-order valence-electron chi connectivity index (χ4n) is 3.25. The molecule has 0 saturated carbocycles. The molecule has 0 aliphatic rings. The van der Waals surface area contributed by atoms with E-state index < -0.39 is 0 Å². The van der Waals surface area contributed by atoms with E-state index in [1.807, 2.05) is 0 Å². The lowest BCUT2D eigenvalue weighted by Crippen LogP contribution is -2.05. The molecule has 0 fully saturated rings. The van der Waals surface area contributed by atoms with Gasteiger partial charge in [0.2, 0.25) is 5.88 Å². The standard InChI is InChI=1S/C22H20N4O5/c1-29-19-8-14(10-24-21(19)31-3)17-5-4-16-18(25-17)12-26(22(16)28)15-6-13(9-23-11-15)7-20(27)30-2/h4-6,8-12,28H,7H2,1-3H3. The predicted octanol–water partition coefficient (Wildman–Crippen LogP) is 2.92. The van der Waals surface area contributed by atoms with Crippen LogP contribution in [0.15, 0.2) is 49.1 Å². The van der Waals surface area contributed by atoms with E-state index in [-0.39, 0.29) is 18.3 Å². The Morgan fingerprint density at radius 3 is 2.68 bits per heavy atom. The summed E-state index contributed by atoms with van der Waals surface area (Å²) in [5.41, 5.74) is 3.27. The fourth-order valence-corrected chi connectivity index (χ4v) is 3.25. The first-order valence-corrected chi connectivity index (χ1v) is 9.34. The Bertz CT molecular complexity index is 1270. The van der Waals surface area contributed by atoms with Crippen molar-refractivity contribution in [2.45, 2.75) is 6.42 Å². The predicted molar refractivity (Wildman–Crippen MR) is 113 cm³/mol. The number of nitrogens with zero attached hydrogens (tertiary/aromatic N) is 4. The van der Waals surface area contributed by atoms with Crippen LogP contribution in [-0.4, -0.2) is 51.9 Å². The highest BCUT2D eigenvalue weighted by Gasteiger charge is 2.15. The maximum atomic E-state index is 11.6. The van der Waals surface area contributed by atoms with Crippen molar-refractivity contribution in [3.63, 3.8) is 0 Å². The molecule has 0 atom stereocenters. The number of carbonyl (C=O) groups is 1. The zero-order valence-corrected chi connectivity index (χ0v) is 17.2. The smallest absolute Gasteiger partial charge is 0.310 e. The van der Waals surface area contributed by atoms with Gasteiger partial charge in [-0.25, -0.2) is 9.97 Å². The summed E-state index contributed by atoms with van der Waals surface area (Å²) in [6.45, 7) is 0. The number of aromatic hydroxyl groups is 1. The molecule has 158 valence electrons. The zero-order valence-electron chi connectivity index (χ0n) is 17.2. The maximum Gasteiger partial charge on any atom is 0.310 e. The van der Waals surface area contributed by atoms with Crippen molar-refractivity contribution in [2.24, 2.45) is 0 Å². The number of fused-ring (bicyclic) bond motifs is 1. The first-order valence-electron chi connectivity index (χ1n) is 9.34. The van der Waals surface area contributed by atoms with E-state index in [9.17, 15) is 9.90 Å². The third-order valence-corrected chi connectivity index (χ3v) is 4.81. The Morgan fingerprint density at radius 2 is 1.94 bits per heavy atom. The zero-order chi connectivity index (χ0) is 22.0. The van der Waals surface area contributed by atoms with Gasteiger partial charge in [0.25, 0.3) is 5.88 Å². The van der Waals surface area contributed by atoms with Crippen molar-refractivity contribution in [2.75, 3.05) is 21.3 Å². The van der Waals surface area contributed by atoms with Gasteiger partial charge < -0.3 is 19.3 Å².